The quantitative estimate of drug-likeness (QED) is 0.717. The maximum atomic E-state index is 12.7. The normalized spacial score (nSPS) is 16.5. The Balaban J connectivity index is 1.32. The van der Waals surface area contributed by atoms with Gasteiger partial charge < -0.3 is 9.80 Å². The molecular formula is C22H22N4O4. The molecule has 8 heteroatoms. The summed E-state index contributed by atoms with van der Waals surface area (Å²) < 4.78 is 0. The summed E-state index contributed by atoms with van der Waals surface area (Å²) in [6.45, 7) is 1.98. The summed E-state index contributed by atoms with van der Waals surface area (Å²) in [5.41, 5.74) is 1.16. The molecule has 1 aromatic carbocycles. The van der Waals surface area contributed by atoms with Crippen LogP contribution in [0, 0.1) is 0 Å². The van der Waals surface area contributed by atoms with Crippen LogP contribution in [0.2, 0.25) is 0 Å². The number of aromatic nitrogens is 1. The van der Waals surface area contributed by atoms with Crippen LogP contribution in [0.3, 0.4) is 0 Å². The highest BCUT2D eigenvalue weighted by Gasteiger charge is 2.35. The molecule has 1 aromatic heterocycles. The molecule has 30 heavy (non-hydrogen) atoms. The zero-order chi connectivity index (χ0) is 21.1. The summed E-state index contributed by atoms with van der Waals surface area (Å²) in [5, 5.41) is 0. The fourth-order valence-electron chi connectivity index (χ4n) is 3.83. The molecule has 0 atom stereocenters. The summed E-state index contributed by atoms with van der Waals surface area (Å²) in [6, 6.07) is 11.9. The van der Waals surface area contributed by atoms with Crippen LogP contribution in [0.1, 0.15) is 44.0 Å². The van der Waals surface area contributed by atoms with Crippen molar-refractivity contribution in [2.45, 2.75) is 12.8 Å². The Bertz CT molecular complexity index is 957. The van der Waals surface area contributed by atoms with E-state index in [-0.39, 0.29) is 36.6 Å². The van der Waals surface area contributed by atoms with Gasteiger partial charge in [0.25, 0.3) is 17.7 Å². The lowest BCUT2D eigenvalue weighted by atomic mass is 10.1. The van der Waals surface area contributed by atoms with E-state index >= 15 is 0 Å². The maximum Gasteiger partial charge on any atom is 0.272 e. The third kappa shape index (κ3) is 3.80. The summed E-state index contributed by atoms with van der Waals surface area (Å²) in [7, 11) is 0. The van der Waals surface area contributed by atoms with Crippen LogP contribution in [0.4, 0.5) is 0 Å². The van der Waals surface area contributed by atoms with E-state index in [1.54, 1.807) is 58.5 Å². The third-order valence-corrected chi connectivity index (χ3v) is 5.45. The fraction of sp³-hybridized carbons (Fsp3) is 0.318. The number of pyridine rings is 1. The Morgan fingerprint density at radius 3 is 2.13 bits per heavy atom. The van der Waals surface area contributed by atoms with Gasteiger partial charge in [-0.2, -0.15) is 0 Å². The number of benzene rings is 1. The lowest BCUT2D eigenvalue weighted by Gasteiger charge is -2.23. The van der Waals surface area contributed by atoms with Gasteiger partial charge in [0, 0.05) is 45.3 Å². The van der Waals surface area contributed by atoms with E-state index in [1.165, 1.54) is 0 Å². The number of rotatable bonds is 4. The van der Waals surface area contributed by atoms with Gasteiger partial charge in [0.2, 0.25) is 5.91 Å². The summed E-state index contributed by atoms with van der Waals surface area (Å²) in [4.78, 5) is 58.8. The highest BCUT2D eigenvalue weighted by molar-refractivity contribution is 6.21. The predicted molar refractivity (Wildman–Crippen MR) is 108 cm³/mol. The Kier molecular flexibility index (Phi) is 5.56. The van der Waals surface area contributed by atoms with Gasteiger partial charge in [-0.25, -0.2) is 0 Å². The molecule has 1 saturated heterocycles. The standard InChI is InChI=1S/C22H22N4O4/c27-19(9-13-26-20(28)16-6-1-2-7-17(16)21(26)29)24-11-5-12-25(15-14-24)22(30)18-8-3-4-10-23-18/h1-4,6-8,10H,5,9,11-15H2. The van der Waals surface area contributed by atoms with Crippen molar-refractivity contribution in [2.75, 3.05) is 32.7 Å². The SMILES string of the molecule is O=C(CCN1C(=O)c2ccccc2C1=O)N1CCCN(C(=O)c2ccccn2)CC1. The van der Waals surface area contributed by atoms with Crippen molar-refractivity contribution >= 4 is 23.6 Å². The molecule has 0 saturated carbocycles. The van der Waals surface area contributed by atoms with Gasteiger partial charge in [-0.15, -0.1) is 0 Å². The average Bonchev–Trinajstić information content (AvgIpc) is 2.95. The molecule has 0 aliphatic carbocycles. The zero-order valence-corrected chi connectivity index (χ0v) is 16.5. The number of imide groups is 1. The molecule has 2 aromatic rings. The second kappa shape index (κ2) is 8.44. The first kappa shape index (κ1) is 19.8. The minimum Gasteiger partial charge on any atom is -0.341 e. The molecule has 0 unspecified atom stereocenters. The van der Waals surface area contributed by atoms with Gasteiger partial charge >= 0.3 is 0 Å². The second-order valence-corrected chi connectivity index (χ2v) is 7.30. The lowest BCUT2D eigenvalue weighted by molar-refractivity contribution is -0.131. The molecule has 8 nitrogen and oxygen atoms in total. The van der Waals surface area contributed by atoms with Crippen LogP contribution < -0.4 is 0 Å². The van der Waals surface area contributed by atoms with Gasteiger partial charge in [-0.05, 0) is 30.7 Å². The van der Waals surface area contributed by atoms with Crippen molar-refractivity contribution in [3.8, 4) is 0 Å². The number of hydrogen-bond acceptors (Lipinski definition) is 5. The largest absolute Gasteiger partial charge is 0.341 e. The number of nitrogens with zero attached hydrogens (tertiary/aromatic N) is 4. The Labute approximate surface area is 174 Å². The topological polar surface area (TPSA) is 90.9 Å². The number of carbonyl (C=O) groups excluding carboxylic acids is 4. The van der Waals surface area contributed by atoms with Crippen LogP contribution in [-0.2, 0) is 4.79 Å². The van der Waals surface area contributed by atoms with E-state index in [9.17, 15) is 19.2 Å². The predicted octanol–water partition coefficient (Wildman–Crippen LogP) is 1.44. The van der Waals surface area contributed by atoms with E-state index in [2.05, 4.69) is 4.98 Å². The Hall–Kier alpha value is -3.55. The van der Waals surface area contributed by atoms with Gasteiger partial charge in [0.15, 0.2) is 0 Å². The van der Waals surface area contributed by atoms with Gasteiger partial charge in [-0.3, -0.25) is 29.1 Å². The van der Waals surface area contributed by atoms with Crippen LogP contribution in [0.15, 0.2) is 48.7 Å². The minimum atomic E-state index is -0.355. The van der Waals surface area contributed by atoms with Crippen molar-refractivity contribution in [1.29, 1.82) is 0 Å². The van der Waals surface area contributed by atoms with Crippen molar-refractivity contribution in [3.05, 3.63) is 65.5 Å². The summed E-state index contributed by atoms with van der Waals surface area (Å²) in [6.07, 6.45) is 2.32. The van der Waals surface area contributed by atoms with E-state index in [1.807, 2.05) is 0 Å². The molecule has 3 heterocycles. The molecule has 4 amide bonds. The monoisotopic (exact) mass is 406 g/mol. The smallest absolute Gasteiger partial charge is 0.272 e. The lowest BCUT2D eigenvalue weighted by Crippen LogP contribution is -2.39. The van der Waals surface area contributed by atoms with Crippen molar-refractivity contribution in [3.63, 3.8) is 0 Å². The Morgan fingerprint density at radius 2 is 1.47 bits per heavy atom. The van der Waals surface area contributed by atoms with Gasteiger partial charge in [-0.1, -0.05) is 18.2 Å². The van der Waals surface area contributed by atoms with Crippen molar-refractivity contribution in [2.24, 2.45) is 0 Å². The Morgan fingerprint density at radius 1 is 0.833 bits per heavy atom. The molecule has 0 spiro atoms. The molecule has 154 valence electrons. The highest BCUT2D eigenvalue weighted by atomic mass is 16.2. The maximum absolute atomic E-state index is 12.7. The van der Waals surface area contributed by atoms with E-state index in [0.29, 0.717) is 49.4 Å². The number of fused-ring (bicyclic) bond motifs is 1. The number of carbonyl (C=O) groups is 4. The van der Waals surface area contributed by atoms with E-state index < -0.39 is 0 Å². The minimum absolute atomic E-state index is 0.0538. The number of hydrogen-bond donors (Lipinski definition) is 0. The molecule has 4 rings (SSSR count). The van der Waals surface area contributed by atoms with Crippen LogP contribution in [0.5, 0.6) is 0 Å². The number of amides is 4. The highest BCUT2D eigenvalue weighted by Crippen LogP contribution is 2.22. The first-order chi connectivity index (χ1) is 14.6. The van der Waals surface area contributed by atoms with Crippen molar-refractivity contribution in [1.82, 2.24) is 19.7 Å². The molecule has 0 radical (unpaired) electrons. The average molecular weight is 406 g/mol. The van der Waals surface area contributed by atoms with E-state index in [4.69, 9.17) is 0 Å². The van der Waals surface area contributed by atoms with Gasteiger partial charge in [0.05, 0.1) is 11.1 Å². The molecule has 2 aliphatic heterocycles. The summed E-state index contributed by atoms with van der Waals surface area (Å²) in [5.74, 6) is -0.979. The molecule has 0 bridgehead atoms. The van der Waals surface area contributed by atoms with Crippen molar-refractivity contribution < 1.29 is 19.2 Å². The third-order valence-electron chi connectivity index (χ3n) is 5.45. The second-order valence-electron chi connectivity index (χ2n) is 7.30. The summed E-state index contributed by atoms with van der Waals surface area (Å²) >= 11 is 0. The molecule has 1 fully saturated rings. The first-order valence-electron chi connectivity index (χ1n) is 9.99. The van der Waals surface area contributed by atoms with Crippen LogP contribution >= 0.6 is 0 Å². The van der Waals surface area contributed by atoms with Crippen LogP contribution in [-0.4, -0.2) is 76.0 Å². The van der Waals surface area contributed by atoms with E-state index in [0.717, 1.165) is 4.90 Å². The molecule has 0 N–H and O–H groups in total. The fourth-order valence-corrected chi connectivity index (χ4v) is 3.83. The molecule has 2 aliphatic rings. The van der Waals surface area contributed by atoms with Gasteiger partial charge in [0.1, 0.15) is 5.69 Å². The zero-order valence-electron chi connectivity index (χ0n) is 16.5. The first-order valence-corrected chi connectivity index (χ1v) is 9.99. The van der Waals surface area contributed by atoms with Crippen LogP contribution in [0.25, 0.3) is 0 Å². The molecular weight excluding hydrogens is 384 g/mol.